The Morgan fingerprint density at radius 2 is 1.96 bits per heavy atom. The van der Waals surface area contributed by atoms with Crippen LogP contribution in [0.2, 0.25) is 0 Å². The molecule has 0 aliphatic carbocycles. The number of carbonyl (C=O) groups is 1. The molecule has 144 valence electrons. The molecular formula is C22H23N3O3. The van der Waals surface area contributed by atoms with Crippen LogP contribution in [0.4, 0.5) is 0 Å². The van der Waals surface area contributed by atoms with Crippen molar-refractivity contribution in [1.29, 1.82) is 0 Å². The molecule has 1 unspecified atom stereocenters. The third-order valence-corrected chi connectivity index (χ3v) is 5.21. The van der Waals surface area contributed by atoms with Crippen molar-refractivity contribution >= 4 is 5.91 Å². The van der Waals surface area contributed by atoms with E-state index in [0.29, 0.717) is 23.8 Å². The minimum Gasteiger partial charge on any atom is -0.497 e. The van der Waals surface area contributed by atoms with Crippen LogP contribution in [0, 0.1) is 13.8 Å². The van der Waals surface area contributed by atoms with E-state index in [-0.39, 0.29) is 11.9 Å². The molecule has 1 atom stereocenters. The second-order valence-electron chi connectivity index (χ2n) is 7.16. The highest BCUT2D eigenvalue weighted by Crippen LogP contribution is 2.34. The minimum absolute atomic E-state index is 0.0160. The van der Waals surface area contributed by atoms with Gasteiger partial charge in [0.2, 0.25) is 11.7 Å². The quantitative estimate of drug-likeness (QED) is 0.676. The third kappa shape index (κ3) is 3.38. The molecule has 1 amide bonds. The molecule has 2 aromatic carbocycles. The lowest BCUT2D eigenvalue weighted by Crippen LogP contribution is -2.31. The maximum atomic E-state index is 13.2. The number of benzene rings is 2. The summed E-state index contributed by atoms with van der Waals surface area (Å²) in [5, 5.41) is 4.13. The van der Waals surface area contributed by atoms with Crippen molar-refractivity contribution in [2.24, 2.45) is 0 Å². The fourth-order valence-electron chi connectivity index (χ4n) is 3.61. The normalized spacial score (nSPS) is 16.4. The zero-order valence-electron chi connectivity index (χ0n) is 16.3. The molecule has 1 aliphatic heterocycles. The third-order valence-electron chi connectivity index (χ3n) is 5.21. The van der Waals surface area contributed by atoms with Gasteiger partial charge in [-0.25, -0.2) is 0 Å². The first kappa shape index (κ1) is 18.2. The van der Waals surface area contributed by atoms with Crippen LogP contribution in [0.1, 0.15) is 46.3 Å². The molecule has 1 fully saturated rings. The highest BCUT2D eigenvalue weighted by molar-refractivity contribution is 5.96. The van der Waals surface area contributed by atoms with E-state index in [1.807, 2.05) is 61.2 Å². The molecule has 3 aromatic rings. The predicted molar refractivity (Wildman–Crippen MR) is 105 cm³/mol. The number of rotatable bonds is 4. The number of ether oxygens (including phenoxy) is 1. The molecule has 6 heteroatoms. The number of amides is 1. The van der Waals surface area contributed by atoms with E-state index in [2.05, 4.69) is 10.1 Å². The second kappa shape index (κ2) is 7.46. The Morgan fingerprint density at radius 1 is 1.18 bits per heavy atom. The lowest BCUT2D eigenvalue weighted by molar-refractivity contribution is 0.0709. The minimum atomic E-state index is -0.194. The van der Waals surface area contributed by atoms with Gasteiger partial charge in [-0.1, -0.05) is 35.0 Å². The summed E-state index contributed by atoms with van der Waals surface area (Å²) in [4.78, 5) is 19.6. The van der Waals surface area contributed by atoms with Crippen LogP contribution in [-0.4, -0.2) is 34.6 Å². The zero-order chi connectivity index (χ0) is 19.7. The van der Waals surface area contributed by atoms with Gasteiger partial charge in [0, 0.05) is 17.7 Å². The lowest BCUT2D eigenvalue weighted by atomic mass is 10.1. The molecule has 1 aromatic heterocycles. The largest absolute Gasteiger partial charge is 0.497 e. The predicted octanol–water partition coefficient (Wildman–Crippen LogP) is 4.34. The van der Waals surface area contributed by atoms with Crippen LogP contribution < -0.4 is 4.74 Å². The Kier molecular flexibility index (Phi) is 4.86. The SMILES string of the molecule is COc1ccc(C(=O)N2CCCC2c2nc(-c3ccc(C)cc3)no2)c(C)c1. The van der Waals surface area contributed by atoms with Crippen LogP contribution in [0.5, 0.6) is 5.75 Å². The van der Waals surface area contributed by atoms with Crippen LogP contribution in [-0.2, 0) is 0 Å². The molecule has 0 saturated carbocycles. The summed E-state index contributed by atoms with van der Waals surface area (Å²) < 4.78 is 10.8. The van der Waals surface area contributed by atoms with Gasteiger partial charge >= 0.3 is 0 Å². The van der Waals surface area contributed by atoms with Crippen LogP contribution in [0.15, 0.2) is 47.0 Å². The van der Waals surface area contributed by atoms with Crippen molar-refractivity contribution in [2.75, 3.05) is 13.7 Å². The van der Waals surface area contributed by atoms with E-state index in [1.165, 1.54) is 5.56 Å². The maximum Gasteiger partial charge on any atom is 0.254 e. The van der Waals surface area contributed by atoms with E-state index in [9.17, 15) is 4.79 Å². The summed E-state index contributed by atoms with van der Waals surface area (Å²) in [6.07, 6.45) is 1.73. The van der Waals surface area contributed by atoms with E-state index in [4.69, 9.17) is 9.26 Å². The molecule has 0 radical (unpaired) electrons. The van der Waals surface area contributed by atoms with E-state index < -0.39 is 0 Å². The lowest BCUT2D eigenvalue weighted by Gasteiger charge is -2.23. The number of nitrogens with zero attached hydrogens (tertiary/aromatic N) is 3. The monoisotopic (exact) mass is 377 g/mol. The molecule has 0 N–H and O–H groups in total. The van der Waals surface area contributed by atoms with Crippen LogP contribution in [0.25, 0.3) is 11.4 Å². The summed E-state index contributed by atoms with van der Waals surface area (Å²) in [6.45, 7) is 4.63. The molecular weight excluding hydrogens is 354 g/mol. The standard InChI is InChI=1S/C22H23N3O3/c1-14-6-8-16(9-7-14)20-23-21(28-24-20)19-5-4-12-25(19)22(26)18-11-10-17(27-3)13-15(18)2/h6-11,13,19H,4-5,12H2,1-3H3. The smallest absolute Gasteiger partial charge is 0.254 e. The molecule has 4 rings (SSSR count). The summed E-state index contributed by atoms with van der Waals surface area (Å²) >= 11 is 0. The number of likely N-dealkylation sites (tertiary alicyclic amines) is 1. The first-order valence-corrected chi connectivity index (χ1v) is 9.43. The fraction of sp³-hybridized carbons (Fsp3) is 0.318. The molecule has 1 saturated heterocycles. The van der Waals surface area contributed by atoms with Gasteiger partial charge in [0.15, 0.2) is 0 Å². The number of hydrogen-bond donors (Lipinski definition) is 0. The van der Waals surface area contributed by atoms with Gasteiger partial charge in [-0.05, 0) is 50.5 Å². The molecule has 1 aliphatic rings. The Labute approximate surface area is 164 Å². The van der Waals surface area contributed by atoms with Crippen molar-refractivity contribution in [3.8, 4) is 17.1 Å². The Hall–Kier alpha value is -3.15. The molecule has 0 spiro atoms. The first-order chi connectivity index (χ1) is 13.6. The molecule has 0 bridgehead atoms. The van der Waals surface area contributed by atoms with Gasteiger partial charge in [0.05, 0.1) is 7.11 Å². The number of carbonyl (C=O) groups excluding carboxylic acids is 1. The fourth-order valence-corrected chi connectivity index (χ4v) is 3.61. The van der Waals surface area contributed by atoms with E-state index in [1.54, 1.807) is 7.11 Å². The Bertz CT molecular complexity index is 995. The average Bonchev–Trinajstić information content (AvgIpc) is 3.37. The summed E-state index contributed by atoms with van der Waals surface area (Å²) in [7, 11) is 1.62. The van der Waals surface area contributed by atoms with Crippen molar-refractivity contribution in [3.63, 3.8) is 0 Å². The topological polar surface area (TPSA) is 68.5 Å². The van der Waals surface area contributed by atoms with Gasteiger partial charge in [-0.15, -0.1) is 0 Å². The van der Waals surface area contributed by atoms with Crippen LogP contribution >= 0.6 is 0 Å². The van der Waals surface area contributed by atoms with Gasteiger partial charge in [0.25, 0.3) is 5.91 Å². The summed E-state index contributed by atoms with van der Waals surface area (Å²) in [5.41, 5.74) is 3.64. The molecule has 28 heavy (non-hydrogen) atoms. The summed E-state index contributed by atoms with van der Waals surface area (Å²) in [6, 6.07) is 13.3. The Balaban J connectivity index is 1.58. The molecule has 2 heterocycles. The molecule has 6 nitrogen and oxygen atoms in total. The van der Waals surface area contributed by atoms with Crippen molar-refractivity contribution in [3.05, 3.63) is 65.0 Å². The number of aromatic nitrogens is 2. The highest BCUT2D eigenvalue weighted by Gasteiger charge is 2.35. The highest BCUT2D eigenvalue weighted by atomic mass is 16.5. The first-order valence-electron chi connectivity index (χ1n) is 9.43. The van der Waals surface area contributed by atoms with Gasteiger partial charge in [0.1, 0.15) is 11.8 Å². The van der Waals surface area contributed by atoms with Gasteiger partial charge in [-0.2, -0.15) is 4.98 Å². The van der Waals surface area contributed by atoms with Crippen molar-refractivity contribution in [1.82, 2.24) is 15.0 Å². The van der Waals surface area contributed by atoms with Crippen LogP contribution in [0.3, 0.4) is 0 Å². The van der Waals surface area contributed by atoms with Gasteiger partial charge in [-0.3, -0.25) is 4.79 Å². The van der Waals surface area contributed by atoms with E-state index >= 15 is 0 Å². The number of hydrogen-bond acceptors (Lipinski definition) is 5. The maximum absolute atomic E-state index is 13.2. The number of aryl methyl sites for hydroxylation is 2. The zero-order valence-corrected chi connectivity index (χ0v) is 16.3. The van der Waals surface area contributed by atoms with E-state index in [0.717, 1.165) is 29.7 Å². The second-order valence-corrected chi connectivity index (χ2v) is 7.16. The average molecular weight is 377 g/mol. The van der Waals surface area contributed by atoms with Gasteiger partial charge < -0.3 is 14.2 Å². The van der Waals surface area contributed by atoms with Crippen molar-refractivity contribution < 1.29 is 14.1 Å². The summed E-state index contributed by atoms with van der Waals surface area (Å²) in [5.74, 6) is 1.77. The Morgan fingerprint density at radius 3 is 2.68 bits per heavy atom. The number of methoxy groups -OCH3 is 1. The van der Waals surface area contributed by atoms with Crippen molar-refractivity contribution in [2.45, 2.75) is 32.7 Å².